The Hall–Kier alpha value is -0.550. The van der Waals surface area contributed by atoms with Crippen molar-refractivity contribution in [2.45, 2.75) is 38.2 Å². The van der Waals surface area contributed by atoms with E-state index >= 15 is 0 Å². The molecule has 1 N–H and O–H groups in total. The van der Waals surface area contributed by atoms with Crippen molar-refractivity contribution < 1.29 is 5.11 Å². The van der Waals surface area contributed by atoms with Gasteiger partial charge in [0, 0.05) is 5.92 Å². The molecule has 0 aromatic heterocycles. The van der Waals surface area contributed by atoms with Crippen LogP contribution >= 0.6 is 0 Å². The summed E-state index contributed by atoms with van der Waals surface area (Å²) in [5.41, 5.74) is -0.991. The van der Waals surface area contributed by atoms with Gasteiger partial charge in [-0.15, -0.1) is 0 Å². The van der Waals surface area contributed by atoms with Crippen molar-refractivity contribution in [1.29, 1.82) is 5.26 Å². The molecular formula is C8H13NO. The fourth-order valence-corrected chi connectivity index (χ4v) is 1.29. The Balaban J connectivity index is 2.50. The number of hydrogen-bond acceptors (Lipinski definition) is 2. The molecule has 0 aliphatic heterocycles. The Morgan fingerprint density at radius 3 is 2.60 bits per heavy atom. The van der Waals surface area contributed by atoms with E-state index in [0.29, 0.717) is 6.42 Å². The zero-order chi connectivity index (χ0) is 7.61. The van der Waals surface area contributed by atoms with Crippen molar-refractivity contribution in [3.05, 3.63) is 0 Å². The predicted molar refractivity (Wildman–Crippen MR) is 38.2 cm³/mol. The van der Waals surface area contributed by atoms with Crippen molar-refractivity contribution in [3.63, 3.8) is 0 Å². The second kappa shape index (κ2) is 2.59. The minimum atomic E-state index is -0.991. The fourth-order valence-electron chi connectivity index (χ4n) is 1.29. The molecule has 1 fully saturated rings. The van der Waals surface area contributed by atoms with Crippen LogP contribution in [-0.4, -0.2) is 10.7 Å². The van der Waals surface area contributed by atoms with Gasteiger partial charge in [0.15, 0.2) is 5.60 Å². The molecule has 0 heterocycles. The van der Waals surface area contributed by atoms with E-state index in [2.05, 4.69) is 0 Å². The summed E-state index contributed by atoms with van der Waals surface area (Å²) in [6.45, 7) is 1.99. The van der Waals surface area contributed by atoms with Gasteiger partial charge < -0.3 is 5.11 Å². The predicted octanol–water partition coefficient (Wildman–Crippen LogP) is 1.45. The second-order valence-electron chi connectivity index (χ2n) is 3.06. The molecule has 2 heteroatoms. The minimum absolute atomic E-state index is 0.275. The smallest absolute Gasteiger partial charge is 0.153 e. The Labute approximate surface area is 61.5 Å². The third kappa shape index (κ3) is 1.30. The average Bonchev–Trinajstić information content (AvgIpc) is 2.69. The Morgan fingerprint density at radius 2 is 2.30 bits per heavy atom. The molecule has 0 saturated heterocycles. The number of hydrogen-bond donors (Lipinski definition) is 1. The summed E-state index contributed by atoms with van der Waals surface area (Å²) in [5.74, 6) is 0.275. The number of nitrogens with zero attached hydrogens (tertiary/aromatic N) is 1. The number of aliphatic hydroxyl groups is 1. The van der Waals surface area contributed by atoms with Crippen LogP contribution in [0.1, 0.15) is 32.6 Å². The lowest BCUT2D eigenvalue weighted by Gasteiger charge is -2.17. The maximum absolute atomic E-state index is 9.60. The lowest BCUT2D eigenvalue weighted by atomic mass is 9.94. The van der Waals surface area contributed by atoms with E-state index in [1.54, 1.807) is 0 Å². The molecule has 0 spiro atoms. The highest BCUT2D eigenvalue weighted by molar-refractivity contribution is 5.08. The molecule has 1 saturated carbocycles. The van der Waals surface area contributed by atoms with Gasteiger partial charge in [0.1, 0.15) is 0 Å². The molecular weight excluding hydrogens is 126 g/mol. The molecule has 1 rings (SSSR count). The monoisotopic (exact) mass is 139 g/mol. The highest BCUT2D eigenvalue weighted by Crippen LogP contribution is 2.41. The first-order valence-corrected chi connectivity index (χ1v) is 3.86. The molecule has 2 nitrogen and oxygen atoms in total. The second-order valence-corrected chi connectivity index (χ2v) is 3.06. The van der Waals surface area contributed by atoms with Gasteiger partial charge in [-0.2, -0.15) is 5.26 Å². The van der Waals surface area contributed by atoms with Crippen LogP contribution in [0.25, 0.3) is 0 Å². The first-order chi connectivity index (χ1) is 4.73. The van der Waals surface area contributed by atoms with Gasteiger partial charge in [-0.25, -0.2) is 0 Å². The number of rotatable bonds is 3. The van der Waals surface area contributed by atoms with Crippen molar-refractivity contribution in [2.75, 3.05) is 0 Å². The summed E-state index contributed by atoms with van der Waals surface area (Å²) < 4.78 is 0. The van der Waals surface area contributed by atoms with Crippen molar-refractivity contribution in [3.8, 4) is 6.07 Å². The summed E-state index contributed by atoms with van der Waals surface area (Å²) in [7, 11) is 0. The van der Waals surface area contributed by atoms with Gasteiger partial charge in [0.2, 0.25) is 0 Å². The van der Waals surface area contributed by atoms with Crippen LogP contribution in [0.4, 0.5) is 0 Å². The third-order valence-corrected chi connectivity index (χ3v) is 2.08. The van der Waals surface area contributed by atoms with E-state index in [1.165, 1.54) is 0 Å². The first-order valence-electron chi connectivity index (χ1n) is 3.86. The molecule has 1 unspecified atom stereocenters. The van der Waals surface area contributed by atoms with Gasteiger partial charge in [-0.05, 0) is 19.3 Å². The van der Waals surface area contributed by atoms with Gasteiger partial charge in [-0.1, -0.05) is 13.3 Å². The zero-order valence-electron chi connectivity index (χ0n) is 6.30. The average molecular weight is 139 g/mol. The summed E-state index contributed by atoms with van der Waals surface area (Å²) >= 11 is 0. The van der Waals surface area contributed by atoms with E-state index in [1.807, 2.05) is 13.0 Å². The quantitative estimate of drug-likeness (QED) is 0.601. The summed E-state index contributed by atoms with van der Waals surface area (Å²) in [4.78, 5) is 0. The van der Waals surface area contributed by atoms with Crippen LogP contribution in [-0.2, 0) is 0 Å². The van der Waals surface area contributed by atoms with Gasteiger partial charge in [0.25, 0.3) is 0 Å². The van der Waals surface area contributed by atoms with Crippen molar-refractivity contribution >= 4 is 0 Å². The maximum Gasteiger partial charge on any atom is 0.153 e. The third-order valence-electron chi connectivity index (χ3n) is 2.08. The van der Waals surface area contributed by atoms with Crippen LogP contribution < -0.4 is 0 Å². The molecule has 0 amide bonds. The number of nitriles is 1. The Morgan fingerprint density at radius 1 is 1.70 bits per heavy atom. The summed E-state index contributed by atoms with van der Waals surface area (Å²) in [6, 6.07) is 2.00. The van der Waals surface area contributed by atoms with Crippen molar-refractivity contribution in [2.24, 2.45) is 5.92 Å². The van der Waals surface area contributed by atoms with E-state index in [-0.39, 0.29) is 5.92 Å². The largest absolute Gasteiger partial charge is 0.375 e. The standard InChI is InChI=1S/C8H13NO/c1-2-5-8(10,6-9)7-3-4-7/h7,10H,2-5H2,1H3. The van der Waals surface area contributed by atoms with Crippen LogP contribution in [0.2, 0.25) is 0 Å². The lowest BCUT2D eigenvalue weighted by Crippen LogP contribution is -2.28. The summed E-state index contributed by atoms with van der Waals surface area (Å²) in [5, 5.41) is 18.2. The van der Waals surface area contributed by atoms with Crippen LogP contribution in [0, 0.1) is 17.2 Å². The van der Waals surface area contributed by atoms with Crippen LogP contribution in [0.5, 0.6) is 0 Å². The molecule has 0 aromatic carbocycles. The van der Waals surface area contributed by atoms with Crippen molar-refractivity contribution in [1.82, 2.24) is 0 Å². The molecule has 0 aromatic rings. The van der Waals surface area contributed by atoms with Crippen LogP contribution in [0.3, 0.4) is 0 Å². The molecule has 56 valence electrons. The van der Waals surface area contributed by atoms with E-state index in [9.17, 15) is 5.11 Å². The highest BCUT2D eigenvalue weighted by atomic mass is 16.3. The topological polar surface area (TPSA) is 44.0 Å². The SMILES string of the molecule is CCCC(O)(C#N)C1CC1. The summed E-state index contributed by atoms with van der Waals surface area (Å²) in [6.07, 6.45) is 3.59. The molecule has 1 aliphatic carbocycles. The highest BCUT2D eigenvalue weighted by Gasteiger charge is 2.43. The zero-order valence-corrected chi connectivity index (χ0v) is 6.30. The maximum atomic E-state index is 9.60. The molecule has 0 bridgehead atoms. The normalized spacial score (nSPS) is 23.3. The molecule has 0 radical (unpaired) electrons. The fraction of sp³-hybridized carbons (Fsp3) is 0.875. The lowest BCUT2D eigenvalue weighted by molar-refractivity contribution is 0.0655. The van der Waals surface area contributed by atoms with Gasteiger partial charge in [0.05, 0.1) is 6.07 Å². The van der Waals surface area contributed by atoms with E-state index in [4.69, 9.17) is 5.26 Å². The molecule has 1 aliphatic rings. The van der Waals surface area contributed by atoms with Crippen LogP contribution in [0.15, 0.2) is 0 Å². The molecule has 1 atom stereocenters. The van der Waals surface area contributed by atoms with Gasteiger partial charge in [-0.3, -0.25) is 0 Å². The first kappa shape index (κ1) is 7.56. The Kier molecular flexibility index (Phi) is 1.96. The minimum Gasteiger partial charge on any atom is -0.375 e. The van der Waals surface area contributed by atoms with E-state index < -0.39 is 5.60 Å². The molecule has 10 heavy (non-hydrogen) atoms. The van der Waals surface area contributed by atoms with E-state index in [0.717, 1.165) is 19.3 Å². The Bertz CT molecular complexity index is 157. The van der Waals surface area contributed by atoms with Gasteiger partial charge >= 0.3 is 0 Å².